The summed E-state index contributed by atoms with van der Waals surface area (Å²) in [7, 11) is 0. The van der Waals surface area contributed by atoms with Gasteiger partial charge in [-0.2, -0.15) is 0 Å². The van der Waals surface area contributed by atoms with Crippen molar-refractivity contribution in [1.82, 2.24) is 4.90 Å². The Kier molecular flexibility index (Phi) is 8.51. The normalized spacial score (nSPS) is 16.1. The van der Waals surface area contributed by atoms with Crippen molar-refractivity contribution in [3.63, 3.8) is 0 Å². The quantitative estimate of drug-likeness (QED) is 0.765. The Hall–Kier alpha value is -1.06. The van der Waals surface area contributed by atoms with Crippen LogP contribution in [0.3, 0.4) is 0 Å². The van der Waals surface area contributed by atoms with Crippen LogP contribution in [0, 0.1) is 5.92 Å². The van der Waals surface area contributed by atoms with Crippen molar-refractivity contribution < 1.29 is 9.53 Å². The average Bonchev–Trinajstić information content (AvgIpc) is 2.48. The van der Waals surface area contributed by atoms with E-state index in [0.717, 1.165) is 31.2 Å². The van der Waals surface area contributed by atoms with Crippen molar-refractivity contribution in [1.29, 1.82) is 0 Å². The Balaban J connectivity index is 0.00000242. The number of carbonyl (C=O) groups is 1. The van der Waals surface area contributed by atoms with Crippen molar-refractivity contribution in [3.8, 4) is 5.75 Å². The van der Waals surface area contributed by atoms with Gasteiger partial charge >= 0.3 is 0 Å². The zero-order valence-corrected chi connectivity index (χ0v) is 14.5. The number of hydrogen-bond donors (Lipinski definition) is 0. The van der Waals surface area contributed by atoms with E-state index in [0.29, 0.717) is 6.42 Å². The first-order valence-corrected chi connectivity index (χ1v) is 8.07. The second-order valence-electron chi connectivity index (χ2n) is 6.22. The molecule has 22 heavy (non-hydrogen) atoms. The molecule has 1 aliphatic rings. The molecule has 1 aromatic rings. The second-order valence-corrected chi connectivity index (χ2v) is 6.22. The molecule has 0 atom stereocenters. The fraction of sp³-hybridized carbons (Fsp3) is 0.611. The van der Waals surface area contributed by atoms with Crippen LogP contribution in [0.25, 0.3) is 0 Å². The van der Waals surface area contributed by atoms with Gasteiger partial charge in [0.15, 0.2) is 0 Å². The number of piperidine rings is 1. The third-order valence-electron chi connectivity index (χ3n) is 4.24. The molecule has 0 aromatic heterocycles. The van der Waals surface area contributed by atoms with Crippen LogP contribution in [0.5, 0.6) is 5.75 Å². The van der Waals surface area contributed by atoms with Crippen LogP contribution in [-0.4, -0.2) is 36.9 Å². The number of nitrogens with zero attached hydrogens (tertiary/aromatic N) is 1. The lowest BCUT2D eigenvalue weighted by Gasteiger charge is -2.29. The number of ketones is 1. The highest BCUT2D eigenvalue weighted by molar-refractivity contribution is 5.85. The first-order chi connectivity index (χ1) is 10.1. The van der Waals surface area contributed by atoms with E-state index >= 15 is 0 Å². The highest BCUT2D eigenvalue weighted by Gasteiger charge is 2.14. The topological polar surface area (TPSA) is 29.5 Å². The number of aryl methyl sites for hydroxylation is 1. The largest absolute Gasteiger partial charge is 0.492 e. The number of hydrogen-bond acceptors (Lipinski definition) is 3. The Morgan fingerprint density at radius 2 is 1.86 bits per heavy atom. The number of rotatable bonds is 7. The summed E-state index contributed by atoms with van der Waals surface area (Å²) in [5, 5.41) is 0. The lowest BCUT2D eigenvalue weighted by atomic mass is 9.99. The summed E-state index contributed by atoms with van der Waals surface area (Å²) in [6, 6.07) is 8.13. The van der Waals surface area contributed by atoms with Gasteiger partial charge in [-0.25, -0.2) is 0 Å². The number of carbonyl (C=O) groups excluding carboxylic acids is 1. The van der Waals surface area contributed by atoms with Crippen LogP contribution in [0.15, 0.2) is 24.3 Å². The molecule has 0 aliphatic carbocycles. The van der Waals surface area contributed by atoms with Crippen LogP contribution < -0.4 is 4.74 Å². The van der Waals surface area contributed by atoms with Gasteiger partial charge in [0.05, 0.1) is 0 Å². The Morgan fingerprint density at radius 1 is 1.23 bits per heavy atom. The van der Waals surface area contributed by atoms with Gasteiger partial charge in [0, 0.05) is 13.0 Å². The summed E-state index contributed by atoms with van der Waals surface area (Å²) < 4.78 is 5.81. The number of Topliss-reactive ketones (excluding diaryl/α,β-unsaturated/α-hetero) is 1. The third kappa shape index (κ3) is 6.80. The fourth-order valence-corrected chi connectivity index (χ4v) is 2.65. The van der Waals surface area contributed by atoms with Gasteiger partial charge in [-0.1, -0.05) is 19.1 Å². The standard InChI is InChI=1S/C18H27NO2.ClH/c1-15-9-11-19(12-10-15)13-14-21-18-7-5-17(6-8-18)4-3-16(2)20;/h5-8,15H,3-4,9-14H2,1-2H3;1H. The number of benzene rings is 1. The summed E-state index contributed by atoms with van der Waals surface area (Å²) in [6.07, 6.45) is 4.06. The van der Waals surface area contributed by atoms with Gasteiger partial charge < -0.3 is 9.53 Å². The van der Waals surface area contributed by atoms with Crippen molar-refractivity contribution in [3.05, 3.63) is 29.8 Å². The molecule has 0 bridgehead atoms. The number of ether oxygens (including phenoxy) is 1. The van der Waals surface area contributed by atoms with E-state index in [9.17, 15) is 4.79 Å². The Morgan fingerprint density at radius 3 is 2.45 bits per heavy atom. The highest BCUT2D eigenvalue weighted by Crippen LogP contribution is 2.16. The predicted octanol–water partition coefficient (Wildman–Crippen LogP) is 3.74. The van der Waals surface area contributed by atoms with Gasteiger partial charge in [0.1, 0.15) is 18.1 Å². The van der Waals surface area contributed by atoms with Crippen LogP contribution in [-0.2, 0) is 11.2 Å². The SMILES string of the molecule is CC(=O)CCc1ccc(OCCN2CCC(C)CC2)cc1.Cl. The van der Waals surface area contributed by atoms with Crippen molar-refractivity contribution in [2.75, 3.05) is 26.2 Å². The zero-order valence-electron chi connectivity index (χ0n) is 13.7. The van der Waals surface area contributed by atoms with Gasteiger partial charge in [0.25, 0.3) is 0 Å². The maximum Gasteiger partial charge on any atom is 0.130 e. The second kappa shape index (κ2) is 9.86. The molecule has 124 valence electrons. The monoisotopic (exact) mass is 325 g/mol. The van der Waals surface area contributed by atoms with Gasteiger partial charge in [-0.3, -0.25) is 4.90 Å². The minimum atomic E-state index is 0. The van der Waals surface area contributed by atoms with Crippen LogP contribution >= 0.6 is 12.4 Å². The van der Waals surface area contributed by atoms with Crippen molar-refractivity contribution in [2.45, 2.75) is 39.5 Å². The average molecular weight is 326 g/mol. The lowest BCUT2D eigenvalue weighted by Crippen LogP contribution is -2.35. The molecule has 1 fully saturated rings. The molecule has 2 rings (SSSR count). The minimum Gasteiger partial charge on any atom is -0.492 e. The van der Waals surface area contributed by atoms with E-state index in [1.807, 2.05) is 12.1 Å². The lowest BCUT2D eigenvalue weighted by molar-refractivity contribution is -0.116. The zero-order chi connectivity index (χ0) is 15.1. The molecule has 3 nitrogen and oxygen atoms in total. The van der Waals surface area contributed by atoms with Crippen LogP contribution in [0.1, 0.15) is 38.7 Å². The maximum absolute atomic E-state index is 11.0. The van der Waals surface area contributed by atoms with Crippen LogP contribution in [0.4, 0.5) is 0 Å². The van der Waals surface area contributed by atoms with E-state index < -0.39 is 0 Å². The summed E-state index contributed by atoms with van der Waals surface area (Å²) >= 11 is 0. The van der Waals surface area contributed by atoms with Crippen molar-refractivity contribution in [2.24, 2.45) is 5.92 Å². The molecule has 1 aromatic carbocycles. The van der Waals surface area contributed by atoms with E-state index in [4.69, 9.17) is 4.74 Å². The van der Waals surface area contributed by atoms with E-state index in [-0.39, 0.29) is 18.2 Å². The molecule has 4 heteroatoms. The smallest absolute Gasteiger partial charge is 0.130 e. The Bertz CT molecular complexity index is 439. The molecular formula is C18H28ClNO2. The van der Waals surface area contributed by atoms with Crippen molar-refractivity contribution >= 4 is 18.2 Å². The van der Waals surface area contributed by atoms with E-state index in [1.165, 1.54) is 31.5 Å². The molecule has 0 spiro atoms. The highest BCUT2D eigenvalue weighted by atomic mass is 35.5. The van der Waals surface area contributed by atoms with E-state index in [2.05, 4.69) is 24.0 Å². The molecule has 0 unspecified atom stereocenters. The molecule has 0 saturated carbocycles. The minimum absolute atomic E-state index is 0. The number of likely N-dealkylation sites (tertiary alicyclic amines) is 1. The van der Waals surface area contributed by atoms with Gasteiger partial charge in [-0.15, -0.1) is 12.4 Å². The molecule has 0 radical (unpaired) electrons. The summed E-state index contributed by atoms with van der Waals surface area (Å²) in [6.45, 7) is 8.14. The third-order valence-corrected chi connectivity index (χ3v) is 4.24. The molecule has 0 N–H and O–H groups in total. The van der Waals surface area contributed by atoms with Gasteiger partial charge in [-0.05, 0) is 62.9 Å². The Labute approximate surface area is 140 Å². The first kappa shape index (κ1) is 19.0. The van der Waals surface area contributed by atoms with Gasteiger partial charge in [0.2, 0.25) is 0 Å². The summed E-state index contributed by atoms with van der Waals surface area (Å²) in [5.41, 5.74) is 1.20. The molecule has 1 heterocycles. The van der Waals surface area contributed by atoms with E-state index in [1.54, 1.807) is 6.92 Å². The first-order valence-electron chi connectivity index (χ1n) is 8.07. The fourth-order valence-electron chi connectivity index (χ4n) is 2.65. The predicted molar refractivity (Wildman–Crippen MR) is 93.0 cm³/mol. The maximum atomic E-state index is 11.0. The molecule has 1 saturated heterocycles. The molecule has 0 amide bonds. The molecular weight excluding hydrogens is 298 g/mol. The molecule has 1 aliphatic heterocycles. The number of halogens is 1. The van der Waals surface area contributed by atoms with Crippen LogP contribution in [0.2, 0.25) is 0 Å². The summed E-state index contributed by atoms with van der Waals surface area (Å²) in [4.78, 5) is 13.5. The summed E-state index contributed by atoms with van der Waals surface area (Å²) in [5.74, 6) is 2.04.